The van der Waals surface area contributed by atoms with Gasteiger partial charge in [-0.3, -0.25) is 4.79 Å². The number of hydrogen-bond acceptors (Lipinski definition) is 4. The van der Waals surface area contributed by atoms with Crippen LogP contribution >= 0.6 is 0 Å². The van der Waals surface area contributed by atoms with Crippen LogP contribution in [0.5, 0.6) is 6.01 Å². The van der Waals surface area contributed by atoms with Crippen LogP contribution in [-0.2, 0) is 18.0 Å². The minimum Gasteiger partial charge on any atom is -0.463 e. The summed E-state index contributed by atoms with van der Waals surface area (Å²) in [6.07, 6.45) is -4.72. The van der Waals surface area contributed by atoms with Crippen LogP contribution < -0.4 is 10.5 Å². The Balaban J connectivity index is 2.67. The van der Waals surface area contributed by atoms with E-state index in [1.165, 1.54) is 7.05 Å². The average molecular weight is 238 g/mol. The molecule has 16 heavy (non-hydrogen) atoms. The summed E-state index contributed by atoms with van der Waals surface area (Å²) in [7, 11) is 1.25. The maximum absolute atomic E-state index is 12.2. The molecule has 0 saturated carbocycles. The molecule has 1 heterocycles. The summed E-state index contributed by atoms with van der Waals surface area (Å²) >= 11 is 0. The lowest BCUT2D eigenvalue weighted by molar-refractivity contribution is -0.145. The lowest BCUT2D eigenvalue weighted by Crippen LogP contribution is -2.15. The molecule has 0 bridgehead atoms. The number of aromatic nitrogens is 3. The lowest BCUT2D eigenvalue weighted by Gasteiger charge is -2.01. The van der Waals surface area contributed by atoms with Crippen molar-refractivity contribution in [3.05, 3.63) is 5.82 Å². The van der Waals surface area contributed by atoms with E-state index in [9.17, 15) is 18.0 Å². The Morgan fingerprint density at radius 3 is 2.62 bits per heavy atom. The number of hydrogen-bond donors (Lipinski definition) is 1. The Hall–Kier alpha value is -1.80. The first-order valence-corrected chi connectivity index (χ1v) is 4.20. The molecule has 1 aromatic heterocycles. The number of alkyl halides is 3. The van der Waals surface area contributed by atoms with Gasteiger partial charge in [-0.1, -0.05) is 0 Å². The molecule has 1 rings (SSSR count). The summed E-state index contributed by atoms with van der Waals surface area (Å²) in [5.41, 5.74) is 4.83. The van der Waals surface area contributed by atoms with E-state index >= 15 is 0 Å². The Bertz CT molecular complexity index is 387. The predicted molar refractivity (Wildman–Crippen MR) is 45.3 cm³/mol. The van der Waals surface area contributed by atoms with Gasteiger partial charge in [0.1, 0.15) is 6.61 Å². The summed E-state index contributed by atoms with van der Waals surface area (Å²) < 4.78 is 42.1. The first-order chi connectivity index (χ1) is 7.30. The normalized spacial score (nSPS) is 11.5. The van der Waals surface area contributed by atoms with Crippen LogP contribution in [0, 0.1) is 0 Å². The van der Waals surface area contributed by atoms with Crippen LogP contribution in [0.25, 0.3) is 0 Å². The summed E-state index contributed by atoms with van der Waals surface area (Å²) in [5.74, 6) is -1.90. The molecule has 0 spiro atoms. The van der Waals surface area contributed by atoms with Crippen molar-refractivity contribution in [2.75, 3.05) is 6.61 Å². The summed E-state index contributed by atoms with van der Waals surface area (Å²) in [6.45, 7) is -0.140. The number of ether oxygens (including phenoxy) is 1. The molecule has 0 atom stereocenters. The third-order valence-corrected chi connectivity index (χ3v) is 1.56. The number of nitrogens with zero attached hydrogens (tertiary/aromatic N) is 3. The Labute approximate surface area is 88.2 Å². The van der Waals surface area contributed by atoms with Gasteiger partial charge in [0.2, 0.25) is 5.91 Å². The van der Waals surface area contributed by atoms with E-state index in [2.05, 4.69) is 10.1 Å². The van der Waals surface area contributed by atoms with Gasteiger partial charge >= 0.3 is 12.2 Å². The fraction of sp³-hybridized carbons (Fsp3) is 0.571. The Morgan fingerprint density at radius 1 is 1.56 bits per heavy atom. The Kier molecular flexibility index (Phi) is 3.35. The third kappa shape index (κ3) is 3.11. The Morgan fingerprint density at radius 2 is 2.19 bits per heavy atom. The van der Waals surface area contributed by atoms with Crippen LogP contribution in [0.15, 0.2) is 0 Å². The molecular weight excluding hydrogens is 229 g/mol. The van der Waals surface area contributed by atoms with Crippen LogP contribution in [0.2, 0.25) is 0 Å². The first-order valence-electron chi connectivity index (χ1n) is 4.20. The molecular formula is C7H9F3N4O2. The molecule has 9 heteroatoms. The van der Waals surface area contributed by atoms with Crippen molar-refractivity contribution in [2.45, 2.75) is 12.6 Å². The molecule has 0 fully saturated rings. The zero-order chi connectivity index (χ0) is 12.3. The summed E-state index contributed by atoms with van der Waals surface area (Å²) in [4.78, 5) is 13.5. The second-order valence-corrected chi connectivity index (χ2v) is 2.90. The molecule has 90 valence electrons. The van der Waals surface area contributed by atoms with Crippen molar-refractivity contribution in [2.24, 2.45) is 12.8 Å². The van der Waals surface area contributed by atoms with Gasteiger partial charge in [0.05, 0.1) is 6.42 Å². The predicted octanol–water partition coefficient (Wildman–Crippen LogP) is 0.0881. The highest BCUT2D eigenvalue weighted by Gasteiger charge is 2.37. The van der Waals surface area contributed by atoms with E-state index in [0.29, 0.717) is 0 Å². The van der Waals surface area contributed by atoms with Crippen LogP contribution in [0.3, 0.4) is 0 Å². The van der Waals surface area contributed by atoms with Gasteiger partial charge in [0.15, 0.2) is 0 Å². The second kappa shape index (κ2) is 4.37. The van der Waals surface area contributed by atoms with Crippen molar-refractivity contribution < 1.29 is 22.7 Å². The number of aryl methyl sites for hydroxylation is 1. The molecule has 0 unspecified atom stereocenters. The maximum Gasteiger partial charge on any atom is 0.453 e. The van der Waals surface area contributed by atoms with Crippen LogP contribution in [0.4, 0.5) is 13.2 Å². The highest BCUT2D eigenvalue weighted by atomic mass is 19.4. The third-order valence-electron chi connectivity index (χ3n) is 1.56. The van der Waals surface area contributed by atoms with Crippen molar-refractivity contribution in [1.82, 2.24) is 14.8 Å². The van der Waals surface area contributed by atoms with E-state index < -0.39 is 17.9 Å². The van der Waals surface area contributed by atoms with Crippen molar-refractivity contribution in [3.63, 3.8) is 0 Å². The molecule has 0 aliphatic carbocycles. The van der Waals surface area contributed by atoms with Crippen LogP contribution in [-0.4, -0.2) is 27.3 Å². The van der Waals surface area contributed by atoms with E-state index in [1.54, 1.807) is 0 Å². The van der Waals surface area contributed by atoms with Crippen molar-refractivity contribution >= 4 is 5.91 Å². The van der Waals surface area contributed by atoms with Crippen LogP contribution in [0.1, 0.15) is 12.2 Å². The minimum atomic E-state index is -4.62. The molecule has 6 nitrogen and oxygen atoms in total. The number of nitrogens with two attached hydrogens (primary N) is 1. The molecule has 0 aromatic carbocycles. The molecule has 0 saturated heterocycles. The molecule has 0 aliphatic heterocycles. The maximum atomic E-state index is 12.2. The zero-order valence-corrected chi connectivity index (χ0v) is 8.28. The van der Waals surface area contributed by atoms with Gasteiger partial charge in [-0.05, 0) is 0 Å². The molecule has 0 radical (unpaired) electrons. The van der Waals surface area contributed by atoms with Gasteiger partial charge in [0, 0.05) is 7.05 Å². The number of rotatable bonds is 4. The van der Waals surface area contributed by atoms with Gasteiger partial charge in [-0.25, -0.2) is 4.68 Å². The van der Waals surface area contributed by atoms with Crippen molar-refractivity contribution in [3.8, 4) is 6.01 Å². The second-order valence-electron chi connectivity index (χ2n) is 2.90. The number of carbonyl (C=O) groups excluding carboxylic acids is 1. The molecule has 1 amide bonds. The largest absolute Gasteiger partial charge is 0.463 e. The topological polar surface area (TPSA) is 83.0 Å². The highest BCUT2D eigenvalue weighted by Crippen LogP contribution is 2.27. The average Bonchev–Trinajstić information content (AvgIpc) is 2.46. The minimum absolute atomic E-state index is 0.103. The van der Waals surface area contributed by atoms with E-state index in [1.807, 2.05) is 0 Å². The molecule has 0 aliphatic rings. The number of carbonyl (C=O) groups is 1. The molecule has 1 aromatic rings. The molecule has 2 N–H and O–H groups in total. The van der Waals surface area contributed by atoms with Crippen molar-refractivity contribution in [1.29, 1.82) is 0 Å². The first kappa shape index (κ1) is 12.3. The fourth-order valence-corrected chi connectivity index (χ4v) is 0.859. The van der Waals surface area contributed by atoms with Gasteiger partial charge in [-0.15, -0.1) is 5.10 Å². The van der Waals surface area contributed by atoms with E-state index in [4.69, 9.17) is 10.5 Å². The number of amides is 1. The van der Waals surface area contributed by atoms with E-state index in [-0.39, 0.29) is 19.0 Å². The van der Waals surface area contributed by atoms with Gasteiger partial charge < -0.3 is 10.5 Å². The standard InChI is InChI=1S/C7H9F3N4O2/c1-14-6(16-3-2-4(11)15)12-5(13-14)7(8,9)10/h2-3H2,1H3,(H2,11,15). The SMILES string of the molecule is Cn1nc(C(F)(F)F)nc1OCCC(N)=O. The highest BCUT2D eigenvalue weighted by molar-refractivity contribution is 5.73. The van der Waals surface area contributed by atoms with E-state index in [0.717, 1.165) is 4.68 Å². The monoisotopic (exact) mass is 238 g/mol. The summed E-state index contributed by atoms with van der Waals surface area (Å²) in [6, 6.07) is -0.312. The number of halogens is 3. The zero-order valence-electron chi connectivity index (χ0n) is 8.28. The van der Waals surface area contributed by atoms with Gasteiger partial charge in [-0.2, -0.15) is 18.2 Å². The lowest BCUT2D eigenvalue weighted by atomic mass is 10.4. The number of primary amides is 1. The quantitative estimate of drug-likeness (QED) is 0.805. The summed E-state index contributed by atoms with van der Waals surface area (Å²) in [5, 5.41) is 3.12. The van der Waals surface area contributed by atoms with Gasteiger partial charge in [0.25, 0.3) is 5.82 Å². The smallest absolute Gasteiger partial charge is 0.453 e. The fourth-order valence-electron chi connectivity index (χ4n) is 0.859.